The molecule has 4 aliphatic heterocycles. The van der Waals surface area contributed by atoms with E-state index in [1.807, 2.05) is 98.0 Å². The Kier molecular flexibility index (Phi) is 20.6. The van der Waals surface area contributed by atoms with Crippen LogP contribution in [0.5, 0.6) is 11.8 Å². The number of hydrogen-bond donors (Lipinski definition) is 2. The number of halogens is 2. The molecule has 4 aromatic carbocycles. The van der Waals surface area contributed by atoms with E-state index in [0.29, 0.717) is 81.5 Å². The molecule has 0 unspecified atom stereocenters. The van der Waals surface area contributed by atoms with Gasteiger partial charge in [0.15, 0.2) is 11.6 Å². The molecule has 540 valence electrons. The predicted molar refractivity (Wildman–Crippen MR) is 383 cm³/mol. The first-order valence-corrected chi connectivity index (χ1v) is 39.4. The van der Waals surface area contributed by atoms with Crippen molar-refractivity contribution >= 4 is 76.8 Å². The molecular formula is C80H92F2N6O12S2. The highest BCUT2D eigenvalue weighted by atomic mass is 32.2. The quantitative estimate of drug-likeness (QED) is 0.0964. The summed E-state index contributed by atoms with van der Waals surface area (Å²) < 4.78 is 96.9. The Morgan fingerprint density at radius 3 is 1.48 bits per heavy atom. The number of Topliss-reactive ketones (excluding diaryl/α,β-unsaturated/α-hetero) is 2. The summed E-state index contributed by atoms with van der Waals surface area (Å²) in [6.45, 7) is 7.09. The van der Waals surface area contributed by atoms with E-state index in [2.05, 4.69) is 19.4 Å². The number of amides is 4. The lowest BCUT2D eigenvalue weighted by Gasteiger charge is -2.29. The monoisotopic (exact) mass is 1430 g/mol. The third kappa shape index (κ3) is 15.5. The summed E-state index contributed by atoms with van der Waals surface area (Å²) in [6.07, 6.45) is 21.5. The van der Waals surface area contributed by atoms with Crippen LogP contribution in [0.3, 0.4) is 0 Å². The number of allylic oxidation sites excluding steroid dienone is 4. The van der Waals surface area contributed by atoms with Crippen LogP contribution in [0.25, 0.3) is 21.5 Å². The van der Waals surface area contributed by atoms with Crippen LogP contribution in [-0.4, -0.2) is 119 Å². The Hall–Kier alpha value is -8.24. The Morgan fingerprint density at radius 2 is 1.03 bits per heavy atom. The summed E-state index contributed by atoms with van der Waals surface area (Å²) >= 11 is 0. The molecule has 102 heavy (non-hydrogen) atoms. The summed E-state index contributed by atoms with van der Waals surface area (Å²) in [6, 6.07) is 27.2. The molecule has 6 heterocycles. The maximum absolute atomic E-state index is 14.6. The fourth-order valence-corrected chi connectivity index (χ4v) is 18.5. The SMILES string of the molecule is Cc1cc(C[C@H]2CCCCC/C=C\[C@@H]3C[C@@]3(C(=O)NS(=O)(=O)C3(C)CC3)CC(=O)[C@@H]3C[C@@H](Oc4nccc5ccccc45)CN3C2=O)ccc1F.Cc1cc(F)cc(C[C@H]2CCCCC/C=C\[C@@H]3C[C@@]3(C(=O)NS(=O)(=O)C3(C)CC3)CC(=O)[C@@H]3C[C@@H](Oc4nccc5ccccc45)CN3C2=O)c1. The zero-order valence-electron chi connectivity index (χ0n) is 58.6. The van der Waals surface area contributed by atoms with E-state index in [9.17, 15) is 54.4 Å². The summed E-state index contributed by atoms with van der Waals surface area (Å²) in [5.74, 6) is -3.57. The van der Waals surface area contributed by atoms with Crippen LogP contribution in [-0.2, 0) is 61.7 Å². The number of sulfonamides is 2. The van der Waals surface area contributed by atoms with Crippen molar-refractivity contribution in [3.05, 3.63) is 168 Å². The second-order valence-corrected chi connectivity index (χ2v) is 35.2. The van der Waals surface area contributed by atoms with Gasteiger partial charge in [0.1, 0.15) is 23.8 Å². The molecule has 2 saturated heterocycles. The van der Waals surface area contributed by atoms with Crippen molar-refractivity contribution < 1.29 is 63.9 Å². The Balaban J connectivity index is 0.000000182. The topological polar surface area (TPSA) is 245 Å². The van der Waals surface area contributed by atoms with Crippen molar-refractivity contribution in [2.75, 3.05) is 13.1 Å². The van der Waals surface area contributed by atoms with Gasteiger partial charge in [-0.25, -0.2) is 35.6 Å². The van der Waals surface area contributed by atoms with E-state index in [4.69, 9.17) is 9.47 Å². The minimum Gasteiger partial charge on any atom is -0.472 e. The average Bonchev–Trinajstić information content (AvgIpc) is 1.57. The first-order valence-electron chi connectivity index (χ1n) is 36.4. The van der Waals surface area contributed by atoms with Gasteiger partial charge in [-0.1, -0.05) is 105 Å². The number of ketones is 2. The number of nitrogens with one attached hydrogen (secondary N) is 2. The molecule has 2 N–H and O–H groups in total. The van der Waals surface area contributed by atoms with Gasteiger partial charge >= 0.3 is 0 Å². The Morgan fingerprint density at radius 1 is 0.569 bits per heavy atom. The molecule has 18 nitrogen and oxygen atoms in total. The largest absolute Gasteiger partial charge is 0.472 e. The third-order valence-corrected chi connectivity index (χ3v) is 27.4. The average molecular weight is 1430 g/mol. The normalized spacial score (nSPS) is 28.6. The molecule has 0 spiro atoms. The van der Waals surface area contributed by atoms with Gasteiger partial charge in [-0.15, -0.1) is 0 Å². The van der Waals surface area contributed by atoms with E-state index in [1.54, 1.807) is 55.1 Å². The fraction of sp³-hybridized carbons (Fsp3) is 0.500. The van der Waals surface area contributed by atoms with E-state index < -0.39 is 88.3 Å². The van der Waals surface area contributed by atoms with Gasteiger partial charge in [-0.05, 0) is 205 Å². The van der Waals surface area contributed by atoms with Crippen molar-refractivity contribution in [3.8, 4) is 11.8 Å². The number of rotatable bonds is 14. The van der Waals surface area contributed by atoms with Gasteiger partial charge in [-0.3, -0.25) is 38.2 Å². The minimum absolute atomic E-state index is 0.147. The lowest BCUT2D eigenvalue weighted by atomic mass is 9.89. The highest BCUT2D eigenvalue weighted by Gasteiger charge is 2.64. The molecule has 14 rings (SSSR count). The molecule has 6 aromatic rings. The minimum atomic E-state index is -3.91. The van der Waals surface area contributed by atoms with Crippen LogP contribution in [0.1, 0.15) is 165 Å². The van der Waals surface area contributed by atoms with E-state index >= 15 is 0 Å². The zero-order chi connectivity index (χ0) is 71.9. The van der Waals surface area contributed by atoms with Crippen LogP contribution in [0, 0.1) is 60.0 Å². The van der Waals surface area contributed by atoms with Crippen molar-refractivity contribution in [2.45, 2.75) is 203 Å². The molecule has 8 aliphatic rings. The number of carbonyl (C=O) groups is 6. The van der Waals surface area contributed by atoms with E-state index in [1.165, 1.54) is 18.2 Å². The number of benzene rings is 4. The smallest absolute Gasteiger partial charge is 0.240 e. The van der Waals surface area contributed by atoms with E-state index in [-0.39, 0.29) is 85.6 Å². The summed E-state index contributed by atoms with van der Waals surface area (Å²) in [7, 11) is -7.82. The molecule has 22 heteroatoms. The molecule has 10 atom stereocenters. The molecule has 4 aliphatic carbocycles. The third-order valence-electron chi connectivity index (χ3n) is 23.0. The first kappa shape index (κ1) is 72.1. The number of pyridine rings is 2. The predicted octanol–water partition coefficient (Wildman–Crippen LogP) is 12.7. The maximum Gasteiger partial charge on any atom is 0.240 e. The van der Waals surface area contributed by atoms with Crippen LogP contribution < -0.4 is 18.9 Å². The Labute approximate surface area is 596 Å². The number of aryl methyl sites for hydroxylation is 2. The van der Waals surface area contributed by atoms with Crippen molar-refractivity contribution in [1.29, 1.82) is 0 Å². The number of nitrogens with zero attached hydrogens (tertiary/aromatic N) is 4. The highest BCUT2D eigenvalue weighted by Crippen LogP contribution is 2.59. The van der Waals surface area contributed by atoms with Gasteiger partial charge < -0.3 is 19.3 Å². The van der Waals surface area contributed by atoms with Crippen molar-refractivity contribution in [3.63, 3.8) is 0 Å². The standard InChI is InChI=1S/2C40H46FN3O6S/c1-26-18-27(21-31(41)19-26)20-29-11-6-4-3-5-7-12-30-23-40(30,38(47)43-51(48,49)39(2)15-16-39)24-35(45)34-22-32(25-44(34)37(29)46)50-36-33-13-9-8-10-28(33)14-17-42-36;1-26-20-27(14-15-33(26)41)21-29-11-6-4-3-5-7-12-30-23-40(30,38(47)43-51(48,49)39(2)17-18-39)24-35(45)34-22-31(25-44(34)37(29)46)50-36-32-13-9-8-10-28(32)16-19-42-36/h7-10,12-14,17-19,21,29-30,32,34H,3-6,11,15-16,20,22-25H2,1-2H3,(H,43,47);7-10,12-16,19-20,29-31,34H,3-6,11,17-18,21-25H2,1-2H3,(H,43,47)/b2*12-7-/t29-,30-,32-,34+,40-;29-,30-,31-,34+,40-/m11/s1. The second-order valence-electron chi connectivity index (χ2n) is 30.8. The molecule has 0 bridgehead atoms. The van der Waals surface area contributed by atoms with Crippen LogP contribution >= 0.6 is 0 Å². The highest BCUT2D eigenvalue weighted by molar-refractivity contribution is 7.92. The number of carbonyl (C=O) groups excluding carboxylic acids is 6. The zero-order valence-corrected chi connectivity index (χ0v) is 60.2. The number of hydrogen-bond acceptors (Lipinski definition) is 14. The van der Waals surface area contributed by atoms with Crippen LogP contribution in [0.2, 0.25) is 0 Å². The molecule has 4 amide bonds. The summed E-state index contributed by atoms with van der Waals surface area (Å²) in [5.41, 5.74) is 0.437. The lowest BCUT2D eigenvalue weighted by Crippen LogP contribution is -2.47. The molecule has 6 fully saturated rings. The van der Waals surface area contributed by atoms with Gasteiger partial charge in [0.25, 0.3) is 0 Å². The molecule has 2 aromatic heterocycles. The number of aromatic nitrogens is 2. The maximum atomic E-state index is 14.6. The van der Waals surface area contributed by atoms with Gasteiger partial charge in [-0.2, -0.15) is 0 Å². The van der Waals surface area contributed by atoms with Crippen molar-refractivity contribution in [2.24, 2.45) is 34.5 Å². The second kappa shape index (κ2) is 29.1. The molecular weight excluding hydrogens is 1340 g/mol. The fourth-order valence-electron chi connectivity index (χ4n) is 15.9. The summed E-state index contributed by atoms with van der Waals surface area (Å²) in [5, 5.41) is 3.53. The van der Waals surface area contributed by atoms with Gasteiger partial charge in [0, 0.05) is 60.7 Å². The van der Waals surface area contributed by atoms with Crippen molar-refractivity contribution in [1.82, 2.24) is 29.2 Å². The lowest BCUT2D eigenvalue weighted by molar-refractivity contribution is -0.142. The molecule has 0 radical (unpaired) electrons. The van der Waals surface area contributed by atoms with Crippen LogP contribution in [0.15, 0.2) is 134 Å². The number of ether oxygens (including phenoxy) is 2. The van der Waals surface area contributed by atoms with Gasteiger partial charge in [0.2, 0.25) is 55.4 Å². The van der Waals surface area contributed by atoms with Crippen LogP contribution in [0.4, 0.5) is 8.78 Å². The van der Waals surface area contributed by atoms with E-state index in [0.717, 1.165) is 89.6 Å². The molecule has 4 saturated carbocycles. The first-order chi connectivity index (χ1) is 48.8. The van der Waals surface area contributed by atoms with Gasteiger partial charge in [0.05, 0.1) is 45.5 Å². The summed E-state index contributed by atoms with van der Waals surface area (Å²) in [4.78, 5) is 98.2. The number of fused-ring (bicyclic) bond motifs is 6. The Bertz CT molecular complexity index is 4530.